The number of halogens is 1. The zero-order valence-corrected chi connectivity index (χ0v) is 16.3. The summed E-state index contributed by atoms with van der Waals surface area (Å²) in [6, 6.07) is 12.3. The number of carbonyl (C=O) groups is 2. The van der Waals surface area contributed by atoms with Gasteiger partial charge >= 0.3 is 0 Å². The van der Waals surface area contributed by atoms with Gasteiger partial charge in [0.15, 0.2) is 17.3 Å². The van der Waals surface area contributed by atoms with Gasteiger partial charge in [-0.15, -0.1) is 11.8 Å². The van der Waals surface area contributed by atoms with Gasteiger partial charge in [0.25, 0.3) is 0 Å². The number of thioether (sulfide) groups is 1. The highest BCUT2D eigenvalue weighted by molar-refractivity contribution is 9.10. The fourth-order valence-electron chi connectivity index (χ4n) is 2.07. The summed E-state index contributed by atoms with van der Waals surface area (Å²) in [7, 11) is 3.09. The molecule has 0 saturated heterocycles. The summed E-state index contributed by atoms with van der Waals surface area (Å²) in [5.74, 6) is 1.39. The number of rotatable bonds is 8. The predicted octanol–water partition coefficient (Wildman–Crippen LogP) is 4.02. The first-order chi connectivity index (χ1) is 12.0. The van der Waals surface area contributed by atoms with E-state index in [1.54, 1.807) is 37.4 Å². The number of amides is 1. The van der Waals surface area contributed by atoms with Gasteiger partial charge in [-0.05, 0) is 24.3 Å². The van der Waals surface area contributed by atoms with Gasteiger partial charge in [0.1, 0.15) is 0 Å². The Kier molecular flexibility index (Phi) is 7.33. The molecule has 0 aromatic heterocycles. The normalized spacial score (nSPS) is 10.2. The molecule has 0 unspecified atom stereocenters. The van der Waals surface area contributed by atoms with Crippen molar-refractivity contribution in [2.75, 3.05) is 31.0 Å². The number of hydrogen-bond acceptors (Lipinski definition) is 5. The maximum Gasteiger partial charge on any atom is 0.234 e. The van der Waals surface area contributed by atoms with Crippen molar-refractivity contribution >= 4 is 45.1 Å². The lowest BCUT2D eigenvalue weighted by Crippen LogP contribution is -2.15. The molecule has 1 N–H and O–H groups in total. The zero-order valence-electron chi connectivity index (χ0n) is 13.9. The van der Waals surface area contributed by atoms with Gasteiger partial charge < -0.3 is 14.8 Å². The number of benzene rings is 2. The fraction of sp³-hybridized carbons (Fsp3) is 0.222. The third-order valence-electron chi connectivity index (χ3n) is 3.30. The van der Waals surface area contributed by atoms with Crippen molar-refractivity contribution in [3.63, 3.8) is 0 Å². The molecule has 2 rings (SSSR count). The van der Waals surface area contributed by atoms with Crippen LogP contribution in [0.2, 0.25) is 0 Å². The minimum atomic E-state index is -0.180. The molecule has 0 atom stereocenters. The molecule has 0 radical (unpaired) electrons. The fourth-order valence-corrected chi connectivity index (χ4v) is 3.04. The molecule has 0 fully saturated rings. The maximum atomic E-state index is 12.1. The number of ether oxygens (including phenoxy) is 2. The van der Waals surface area contributed by atoms with E-state index in [2.05, 4.69) is 21.2 Å². The Bertz CT molecular complexity index is 749. The number of ketones is 1. The average Bonchev–Trinajstić information content (AvgIpc) is 2.62. The van der Waals surface area contributed by atoms with Gasteiger partial charge in [0.05, 0.1) is 25.7 Å². The monoisotopic (exact) mass is 423 g/mol. The topological polar surface area (TPSA) is 64.6 Å². The van der Waals surface area contributed by atoms with Crippen molar-refractivity contribution < 1.29 is 19.1 Å². The van der Waals surface area contributed by atoms with Crippen LogP contribution in [0.3, 0.4) is 0 Å². The standard InChI is InChI=1S/C18H18BrNO4S/c1-23-16-8-7-14(9-17(16)24-2)20-18(22)11-25-10-15(21)12-3-5-13(19)6-4-12/h3-9H,10-11H2,1-2H3,(H,20,22). The van der Waals surface area contributed by atoms with Gasteiger partial charge in [0.2, 0.25) is 5.91 Å². The minimum Gasteiger partial charge on any atom is -0.493 e. The molecule has 2 aromatic rings. The molecule has 5 nitrogen and oxygen atoms in total. The first-order valence-corrected chi connectivity index (χ1v) is 9.36. The zero-order chi connectivity index (χ0) is 18.2. The van der Waals surface area contributed by atoms with E-state index in [1.807, 2.05) is 12.1 Å². The Hall–Kier alpha value is -1.99. The Labute approximate surface area is 159 Å². The van der Waals surface area contributed by atoms with E-state index in [4.69, 9.17) is 9.47 Å². The number of methoxy groups -OCH3 is 2. The molecule has 0 spiro atoms. The number of anilines is 1. The lowest BCUT2D eigenvalue weighted by molar-refractivity contribution is -0.113. The van der Waals surface area contributed by atoms with E-state index in [9.17, 15) is 9.59 Å². The van der Waals surface area contributed by atoms with Crippen molar-refractivity contribution in [3.8, 4) is 11.5 Å². The molecule has 0 aliphatic rings. The lowest BCUT2D eigenvalue weighted by atomic mass is 10.2. The minimum absolute atomic E-state index is 0.00332. The summed E-state index contributed by atoms with van der Waals surface area (Å²) < 4.78 is 11.3. The SMILES string of the molecule is COc1ccc(NC(=O)CSCC(=O)c2ccc(Br)cc2)cc1OC. The molecule has 25 heavy (non-hydrogen) atoms. The highest BCUT2D eigenvalue weighted by Crippen LogP contribution is 2.29. The van der Waals surface area contributed by atoms with Crippen LogP contribution in [-0.4, -0.2) is 37.4 Å². The van der Waals surface area contributed by atoms with Crippen LogP contribution in [0.25, 0.3) is 0 Å². The molecule has 0 aliphatic heterocycles. The molecule has 0 bridgehead atoms. The Balaban J connectivity index is 1.82. The van der Waals surface area contributed by atoms with Crippen LogP contribution in [0, 0.1) is 0 Å². The van der Waals surface area contributed by atoms with Crippen LogP contribution in [0.5, 0.6) is 11.5 Å². The van der Waals surface area contributed by atoms with E-state index in [0.29, 0.717) is 22.7 Å². The van der Waals surface area contributed by atoms with Gasteiger partial charge in [-0.1, -0.05) is 28.1 Å². The smallest absolute Gasteiger partial charge is 0.234 e. The largest absolute Gasteiger partial charge is 0.493 e. The average molecular weight is 424 g/mol. The second kappa shape index (κ2) is 9.48. The molecule has 0 aliphatic carbocycles. The van der Waals surface area contributed by atoms with Crippen LogP contribution >= 0.6 is 27.7 Å². The molecular formula is C18H18BrNO4S. The first-order valence-electron chi connectivity index (χ1n) is 7.42. The second-order valence-electron chi connectivity index (χ2n) is 5.04. The molecule has 132 valence electrons. The molecule has 0 heterocycles. The van der Waals surface area contributed by atoms with Crippen molar-refractivity contribution in [1.82, 2.24) is 0 Å². The number of Topliss-reactive ketones (excluding diaryl/α,β-unsaturated/α-hetero) is 1. The van der Waals surface area contributed by atoms with Crippen molar-refractivity contribution in [3.05, 3.63) is 52.5 Å². The van der Waals surface area contributed by atoms with E-state index in [1.165, 1.54) is 18.9 Å². The van der Waals surface area contributed by atoms with Crippen LogP contribution in [0.15, 0.2) is 46.9 Å². The van der Waals surface area contributed by atoms with Crippen LogP contribution in [-0.2, 0) is 4.79 Å². The summed E-state index contributed by atoms with van der Waals surface area (Å²) in [6.07, 6.45) is 0. The van der Waals surface area contributed by atoms with E-state index in [0.717, 1.165) is 4.47 Å². The predicted molar refractivity (Wildman–Crippen MR) is 104 cm³/mol. The lowest BCUT2D eigenvalue weighted by Gasteiger charge is -2.10. The molecule has 7 heteroatoms. The highest BCUT2D eigenvalue weighted by atomic mass is 79.9. The summed E-state index contributed by atoms with van der Waals surface area (Å²) in [6.45, 7) is 0. The third kappa shape index (κ3) is 5.79. The maximum absolute atomic E-state index is 12.1. The summed E-state index contributed by atoms with van der Waals surface area (Å²) in [5.41, 5.74) is 1.25. The third-order valence-corrected chi connectivity index (χ3v) is 4.76. The Morgan fingerprint density at radius 3 is 2.32 bits per heavy atom. The Morgan fingerprint density at radius 1 is 1.00 bits per heavy atom. The van der Waals surface area contributed by atoms with E-state index < -0.39 is 0 Å². The number of carbonyl (C=O) groups excluding carboxylic acids is 2. The molecule has 0 saturated carbocycles. The summed E-state index contributed by atoms with van der Waals surface area (Å²) >= 11 is 4.61. The van der Waals surface area contributed by atoms with E-state index in [-0.39, 0.29) is 23.2 Å². The van der Waals surface area contributed by atoms with Crippen molar-refractivity contribution in [1.29, 1.82) is 0 Å². The van der Waals surface area contributed by atoms with Gasteiger partial charge in [-0.25, -0.2) is 0 Å². The quantitative estimate of drug-likeness (QED) is 0.649. The molecule has 1 amide bonds. The number of nitrogens with one attached hydrogen (secondary N) is 1. The second-order valence-corrected chi connectivity index (χ2v) is 6.94. The van der Waals surface area contributed by atoms with Gasteiger partial charge in [0, 0.05) is 21.8 Å². The van der Waals surface area contributed by atoms with Crippen LogP contribution in [0.4, 0.5) is 5.69 Å². The van der Waals surface area contributed by atoms with Crippen molar-refractivity contribution in [2.24, 2.45) is 0 Å². The van der Waals surface area contributed by atoms with Gasteiger partial charge in [-0.3, -0.25) is 9.59 Å². The Morgan fingerprint density at radius 2 is 1.68 bits per heavy atom. The van der Waals surface area contributed by atoms with Crippen LogP contribution in [0.1, 0.15) is 10.4 Å². The van der Waals surface area contributed by atoms with Crippen molar-refractivity contribution in [2.45, 2.75) is 0 Å². The van der Waals surface area contributed by atoms with Gasteiger partial charge in [-0.2, -0.15) is 0 Å². The van der Waals surface area contributed by atoms with E-state index >= 15 is 0 Å². The number of hydrogen-bond donors (Lipinski definition) is 1. The molecular weight excluding hydrogens is 406 g/mol. The summed E-state index contributed by atoms with van der Waals surface area (Å²) in [5, 5.41) is 2.78. The molecule has 2 aromatic carbocycles. The summed E-state index contributed by atoms with van der Waals surface area (Å²) in [4.78, 5) is 24.1. The van der Waals surface area contributed by atoms with Crippen LogP contribution < -0.4 is 14.8 Å². The highest BCUT2D eigenvalue weighted by Gasteiger charge is 2.10. The first kappa shape index (κ1) is 19.3.